The van der Waals surface area contributed by atoms with Gasteiger partial charge in [-0.3, -0.25) is 14.5 Å². The van der Waals surface area contributed by atoms with Crippen LogP contribution in [0.4, 0.5) is 4.79 Å². The third-order valence-electron chi connectivity index (χ3n) is 4.05. The average molecular weight is 390 g/mol. The summed E-state index contributed by atoms with van der Waals surface area (Å²) in [6.07, 6.45) is -0.518. The van der Waals surface area contributed by atoms with Crippen molar-refractivity contribution >= 4 is 23.9 Å². The molecule has 0 spiro atoms. The summed E-state index contributed by atoms with van der Waals surface area (Å²) in [6.45, 7) is 6.58. The normalized spacial score (nSPS) is 17.8. The summed E-state index contributed by atoms with van der Waals surface area (Å²) in [5.74, 6) is -1.79. The van der Waals surface area contributed by atoms with Gasteiger partial charge in [0, 0.05) is 6.42 Å². The van der Waals surface area contributed by atoms with E-state index in [9.17, 15) is 19.2 Å². The summed E-state index contributed by atoms with van der Waals surface area (Å²) in [7, 11) is 0. The lowest BCUT2D eigenvalue weighted by Gasteiger charge is -2.26. The molecule has 28 heavy (non-hydrogen) atoms. The smallest absolute Gasteiger partial charge is 0.408 e. The van der Waals surface area contributed by atoms with Crippen LogP contribution in [-0.2, 0) is 30.5 Å². The SMILES string of the molecule is C[C@@H](NC(=O)OC(C)(C)C)C(=O)N1C(=O)CC[C@H]1C(=O)OCc1ccccc1. The van der Waals surface area contributed by atoms with Crippen molar-refractivity contribution in [3.8, 4) is 0 Å². The molecule has 1 aliphatic rings. The summed E-state index contributed by atoms with van der Waals surface area (Å²) >= 11 is 0. The maximum Gasteiger partial charge on any atom is 0.408 e. The summed E-state index contributed by atoms with van der Waals surface area (Å²) in [6, 6.07) is 7.09. The van der Waals surface area contributed by atoms with Crippen LogP contribution in [0.5, 0.6) is 0 Å². The van der Waals surface area contributed by atoms with Gasteiger partial charge in [0.2, 0.25) is 5.91 Å². The number of nitrogens with zero attached hydrogens (tertiary/aromatic N) is 1. The van der Waals surface area contributed by atoms with E-state index in [4.69, 9.17) is 9.47 Å². The van der Waals surface area contributed by atoms with E-state index < -0.39 is 41.6 Å². The molecule has 1 N–H and O–H groups in total. The number of amides is 3. The Bertz CT molecular complexity index is 741. The fraction of sp³-hybridized carbons (Fsp3) is 0.500. The van der Waals surface area contributed by atoms with Crippen molar-refractivity contribution in [3.05, 3.63) is 35.9 Å². The van der Waals surface area contributed by atoms with Gasteiger partial charge >= 0.3 is 12.1 Å². The van der Waals surface area contributed by atoms with Crippen LogP contribution in [0.15, 0.2) is 30.3 Å². The van der Waals surface area contributed by atoms with Crippen LogP contribution < -0.4 is 5.32 Å². The first-order chi connectivity index (χ1) is 13.1. The molecule has 2 rings (SSSR count). The molecule has 1 aromatic rings. The first-order valence-corrected chi connectivity index (χ1v) is 9.14. The lowest BCUT2D eigenvalue weighted by Crippen LogP contribution is -2.52. The molecule has 0 saturated carbocycles. The number of nitrogens with one attached hydrogen (secondary N) is 1. The van der Waals surface area contributed by atoms with Crippen LogP contribution >= 0.6 is 0 Å². The standard InChI is InChI=1S/C20H26N2O6/c1-13(21-19(26)28-20(2,3)4)17(24)22-15(10-11-16(22)23)18(25)27-12-14-8-6-5-7-9-14/h5-9,13,15H,10-12H2,1-4H3,(H,21,26)/t13-,15+/m1/s1. The summed E-state index contributed by atoms with van der Waals surface area (Å²) in [5.41, 5.74) is 0.0816. The highest BCUT2D eigenvalue weighted by atomic mass is 16.6. The number of imide groups is 1. The van der Waals surface area contributed by atoms with Crippen LogP contribution in [0.3, 0.4) is 0 Å². The van der Waals surface area contributed by atoms with Crippen molar-refractivity contribution in [2.24, 2.45) is 0 Å². The lowest BCUT2D eigenvalue weighted by molar-refractivity contribution is -0.159. The molecule has 1 heterocycles. The largest absolute Gasteiger partial charge is 0.459 e. The van der Waals surface area contributed by atoms with Crippen LogP contribution in [0.2, 0.25) is 0 Å². The molecule has 0 unspecified atom stereocenters. The van der Waals surface area contributed by atoms with Crippen LogP contribution in [0.1, 0.15) is 46.1 Å². The van der Waals surface area contributed by atoms with E-state index in [2.05, 4.69) is 5.32 Å². The third kappa shape index (κ3) is 5.80. The summed E-state index contributed by atoms with van der Waals surface area (Å²) in [4.78, 5) is 50.0. The number of likely N-dealkylation sites (tertiary alicyclic amines) is 1. The fourth-order valence-electron chi connectivity index (χ4n) is 2.76. The molecule has 3 amide bonds. The molecule has 1 aliphatic heterocycles. The Labute approximate surface area is 164 Å². The molecule has 1 aromatic carbocycles. The van der Waals surface area contributed by atoms with Crippen molar-refractivity contribution < 1.29 is 28.7 Å². The maximum absolute atomic E-state index is 12.7. The number of hydrogen-bond acceptors (Lipinski definition) is 6. The molecule has 152 valence electrons. The first kappa shape index (κ1) is 21.4. The molecule has 1 saturated heterocycles. The Balaban J connectivity index is 1.98. The van der Waals surface area contributed by atoms with E-state index in [1.165, 1.54) is 6.92 Å². The Morgan fingerprint density at radius 3 is 2.46 bits per heavy atom. The van der Waals surface area contributed by atoms with E-state index in [0.717, 1.165) is 10.5 Å². The number of benzene rings is 1. The molecule has 8 nitrogen and oxygen atoms in total. The highest BCUT2D eigenvalue weighted by molar-refractivity contribution is 6.04. The Morgan fingerprint density at radius 1 is 1.21 bits per heavy atom. The minimum absolute atomic E-state index is 0.0537. The molecular weight excluding hydrogens is 364 g/mol. The molecule has 1 fully saturated rings. The van der Waals surface area contributed by atoms with Crippen molar-refractivity contribution in [2.75, 3.05) is 0 Å². The van der Waals surface area contributed by atoms with Crippen LogP contribution in [0, 0.1) is 0 Å². The molecular formula is C20H26N2O6. The summed E-state index contributed by atoms with van der Waals surface area (Å²) in [5, 5.41) is 2.39. The van der Waals surface area contributed by atoms with Gasteiger partial charge in [-0.2, -0.15) is 0 Å². The quantitative estimate of drug-likeness (QED) is 0.773. The number of hydrogen-bond donors (Lipinski definition) is 1. The topological polar surface area (TPSA) is 102 Å². The Morgan fingerprint density at radius 2 is 1.86 bits per heavy atom. The summed E-state index contributed by atoms with van der Waals surface area (Å²) < 4.78 is 10.4. The van der Waals surface area contributed by atoms with Gasteiger partial charge < -0.3 is 14.8 Å². The average Bonchev–Trinajstić information content (AvgIpc) is 2.99. The predicted molar refractivity (Wildman–Crippen MR) is 99.9 cm³/mol. The molecule has 8 heteroatoms. The number of rotatable bonds is 5. The zero-order chi connectivity index (χ0) is 20.9. The third-order valence-corrected chi connectivity index (χ3v) is 4.05. The van der Waals surface area contributed by atoms with Gasteiger partial charge in [0.25, 0.3) is 5.91 Å². The Kier molecular flexibility index (Phi) is 6.77. The number of carbonyl (C=O) groups is 4. The second-order valence-electron chi connectivity index (χ2n) is 7.62. The van der Waals surface area contributed by atoms with E-state index in [1.807, 2.05) is 30.3 Å². The van der Waals surface area contributed by atoms with Gasteiger partial charge in [0.15, 0.2) is 0 Å². The number of carbonyl (C=O) groups excluding carboxylic acids is 4. The molecule has 0 radical (unpaired) electrons. The first-order valence-electron chi connectivity index (χ1n) is 9.14. The second-order valence-corrected chi connectivity index (χ2v) is 7.62. The van der Waals surface area contributed by atoms with E-state index in [-0.39, 0.29) is 19.4 Å². The molecule has 2 atom stereocenters. The Hall–Kier alpha value is -2.90. The zero-order valence-electron chi connectivity index (χ0n) is 16.6. The number of alkyl carbamates (subject to hydrolysis) is 1. The number of esters is 1. The van der Waals surface area contributed by atoms with Crippen molar-refractivity contribution in [2.45, 2.75) is 64.8 Å². The monoisotopic (exact) mass is 390 g/mol. The maximum atomic E-state index is 12.7. The van der Waals surface area contributed by atoms with E-state index in [0.29, 0.717) is 0 Å². The van der Waals surface area contributed by atoms with Gasteiger partial charge in [-0.05, 0) is 39.7 Å². The van der Waals surface area contributed by atoms with Gasteiger partial charge in [-0.25, -0.2) is 9.59 Å². The van der Waals surface area contributed by atoms with Crippen LogP contribution in [0.25, 0.3) is 0 Å². The van der Waals surface area contributed by atoms with E-state index in [1.54, 1.807) is 20.8 Å². The molecule has 0 bridgehead atoms. The number of ether oxygens (including phenoxy) is 2. The van der Waals surface area contributed by atoms with Crippen molar-refractivity contribution in [1.29, 1.82) is 0 Å². The highest BCUT2D eigenvalue weighted by Gasteiger charge is 2.43. The van der Waals surface area contributed by atoms with Crippen molar-refractivity contribution in [3.63, 3.8) is 0 Å². The van der Waals surface area contributed by atoms with Gasteiger partial charge in [-0.15, -0.1) is 0 Å². The highest BCUT2D eigenvalue weighted by Crippen LogP contribution is 2.22. The predicted octanol–water partition coefficient (Wildman–Crippen LogP) is 2.16. The van der Waals surface area contributed by atoms with Gasteiger partial charge in [-0.1, -0.05) is 30.3 Å². The fourth-order valence-corrected chi connectivity index (χ4v) is 2.76. The lowest BCUT2D eigenvalue weighted by atomic mass is 10.2. The van der Waals surface area contributed by atoms with Gasteiger partial charge in [0.05, 0.1) is 0 Å². The van der Waals surface area contributed by atoms with Crippen molar-refractivity contribution in [1.82, 2.24) is 10.2 Å². The minimum Gasteiger partial charge on any atom is -0.459 e. The second kappa shape index (κ2) is 8.86. The zero-order valence-corrected chi connectivity index (χ0v) is 16.6. The minimum atomic E-state index is -1.03. The molecule has 0 aliphatic carbocycles. The van der Waals surface area contributed by atoms with Crippen LogP contribution in [-0.4, -0.2) is 46.5 Å². The molecule has 0 aromatic heterocycles. The van der Waals surface area contributed by atoms with Gasteiger partial charge in [0.1, 0.15) is 24.3 Å². The van der Waals surface area contributed by atoms with E-state index >= 15 is 0 Å².